The van der Waals surface area contributed by atoms with E-state index in [0.717, 1.165) is 133 Å². The molecule has 0 amide bonds. The van der Waals surface area contributed by atoms with Gasteiger partial charge in [0.15, 0.2) is 23.3 Å². The van der Waals surface area contributed by atoms with E-state index in [-0.39, 0.29) is 52.9 Å². The highest BCUT2D eigenvalue weighted by molar-refractivity contribution is 6.07. The molecule has 0 spiro atoms. The molecule has 128 heavy (non-hydrogen) atoms. The lowest BCUT2D eigenvalue weighted by Crippen LogP contribution is -2.03. The lowest BCUT2D eigenvalue weighted by molar-refractivity contribution is 0.134. The van der Waals surface area contributed by atoms with Gasteiger partial charge in [-0.1, -0.05) is 340 Å². The van der Waals surface area contributed by atoms with Crippen LogP contribution in [-0.4, -0.2) is 92.7 Å². The molecular formula is C112H98N8O8. The van der Waals surface area contributed by atoms with Crippen LogP contribution in [0, 0.1) is 0 Å². The van der Waals surface area contributed by atoms with E-state index in [4.69, 9.17) is 67.8 Å². The normalized spacial score (nSPS) is 12.2. The van der Waals surface area contributed by atoms with Crippen molar-refractivity contribution in [3.63, 3.8) is 0 Å². The third-order valence-electron chi connectivity index (χ3n) is 21.8. The van der Waals surface area contributed by atoms with Crippen LogP contribution < -0.4 is 0 Å². The zero-order chi connectivity index (χ0) is 86.4. The van der Waals surface area contributed by atoms with Gasteiger partial charge in [-0.3, -0.25) is 0 Å². The summed E-state index contributed by atoms with van der Waals surface area (Å²) in [5.41, 5.74) is 20.6. The number of rotatable bonds is 40. The minimum atomic E-state index is 0.243. The number of ether oxygens (including phenoxy) is 8. The molecule has 16 heteroatoms. The average molecular weight is 1680 g/mol. The molecule has 0 saturated heterocycles. The molecule has 3 aromatic heterocycles. The summed E-state index contributed by atoms with van der Waals surface area (Å²) in [6.07, 6.45) is 32.9. The first-order chi connectivity index (χ1) is 63.5. The van der Waals surface area contributed by atoms with E-state index >= 15 is 0 Å². The van der Waals surface area contributed by atoms with Gasteiger partial charge in [0.2, 0.25) is 0 Å². The zero-order valence-corrected chi connectivity index (χ0v) is 71.2. The molecule has 2 aliphatic rings. The fourth-order valence-electron chi connectivity index (χ4n) is 15.3. The smallest absolute Gasteiger partial charge is 0.164 e. The van der Waals surface area contributed by atoms with E-state index in [1.54, 1.807) is 0 Å². The van der Waals surface area contributed by atoms with Gasteiger partial charge in [0, 0.05) is 43.8 Å². The molecule has 0 fully saturated rings. The Hall–Kier alpha value is -14.4. The number of fused-ring (bicyclic) bond motifs is 20. The Balaban J connectivity index is 0.868. The molecule has 16 nitrogen and oxygen atoms in total. The zero-order valence-electron chi connectivity index (χ0n) is 71.2. The maximum absolute atomic E-state index is 6.62. The van der Waals surface area contributed by atoms with Crippen LogP contribution in [0.25, 0.3) is 138 Å². The third kappa shape index (κ3) is 23.4. The van der Waals surface area contributed by atoms with E-state index in [1.807, 2.05) is 194 Å². The Morgan fingerprint density at radius 2 is 0.328 bits per heavy atom. The summed E-state index contributed by atoms with van der Waals surface area (Å²) >= 11 is 0. The van der Waals surface area contributed by atoms with Crippen LogP contribution in [0.4, 0.5) is 0 Å². The maximum atomic E-state index is 6.62. The number of nitrogens with zero attached hydrogens (tertiary/aromatic N) is 6. The van der Waals surface area contributed by atoms with Gasteiger partial charge in [-0.15, -0.1) is 0 Å². The lowest BCUT2D eigenvalue weighted by Gasteiger charge is -2.13. The van der Waals surface area contributed by atoms with E-state index < -0.39 is 0 Å². The van der Waals surface area contributed by atoms with Gasteiger partial charge in [0.05, 0.1) is 106 Å². The van der Waals surface area contributed by atoms with Crippen LogP contribution in [0.1, 0.15) is 89.0 Å². The average Bonchev–Trinajstić information content (AvgIpc) is 1.59. The van der Waals surface area contributed by atoms with Crippen LogP contribution in [0.2, 0.25) is 0 Å². The van der Waals surface area contributed by atoms with Gasteiger partial charge >= 0.3 is 0 Å². The minimum absolute atomic E-state index is 0.243. The van der Waals surface area contributed by atoms with Crippen molar-refractivity contribution in [2.45, 2.75) is 52.9 Å². The second-order valence-electron chi connectivity index (χ2n) is 30.9. The fourth-order valence-corrected chi connectivity index (χ4v) is 15.3. The van der Waals surface area contributed by atoms with Crippen molar-refractivity contribution >= 4 is 92.7 Å². The molecule has 12 aromatic carbocycles. The summed E-state index contributed by atoms with van der Waals surface area (Å²) in [5.74, 6) is 1.60. The van der Waals surface area contributed by atoms with E-state index in [0.29, 0.717) is 98.7 Å². The quantitative estimate of drug-likeness (QED) is 0.0346. The molecule has 0 radical (unpaired) electrons. The van der Waals surface area contributed by atoms with Gasteiger partial charge in [0.1, 0.15) is 22.6 Å². The molecule has 2 aliphatic heterocycles. The first-order valence-corrected chi connectivity index (χ1v) is 43.3. The van der Waals surface area contributed by atoms with Crippen molar-refractivity contribution in [2.24, 2.45) is 0 Å². The molecule has 0 atom stereocenters. The Bertz CT molecular complexity index is 5880. The Morgan fingerprint density at radius 3 is 0.484 bits per heavy atom. The molecule has 0 saturated carbocycles. The van der Waals surface area contributed by atoms with Crippen molar-refractivity contribution in [1.82, 2.24) is 39.9 Å². The summed E-state index contributed by atoms with van der Waals surface area (Å²) in [6.45, 7) is 4.75. The summed E-state index contributed by atoms with van der Waals surface area (Å²) in [5, 5.41) is 3.03. The first kappa shape index (κ1) is 85.8. The molecule has 2 N–H and O–H groups in total. The number of aromatic amines is 2. The largest absolute Gasteiger partial charge is 0.373 e. The molecule has 15 aromatic rings. The molecule has 5 heterocycles. The van der Waals surface area contributed by atoms with Crippen LogP contribution >= 0.6 is 0 Å². The SMILES string of the molecule is C(=C\c1ccccc1)/COCc1cc2c(cc1COC/C=C/c1ccccc1)-c1nc-2nc2[nH]c(nc3nc(nc4[nH]c(n1)c1cc(COC/C=C/c5ccccc5)c(COC/C=C/c5ccccc5)cc41)-c1cc(COC/C=C/c4ccccc4)c(COC/C=C/c4ccccc4)cc1-3)c1cc(COC/C=C/c3ccccc3)c(COC/C=C/c3ccccc3)cc21. The van der Waals surface area contributed by atoms with Crippen molar-refractivity contribution in [1.29, 1.82) is 0 Å². The van der Waals surface area contributed by atoms with Crippen molar-refractivity contribution in [3.05, 3.63) is 429 Å². The third-order valence-corrected chi connectivity index (χ3v) is 21.8. The van der Waals surface area contributed by atoms with Gasteiger partial charge in [0.25, 0.3) is 0 Å². The fraction of sp³-hybridized carbons (Fsp3) is 0.143. The molecular weight excluding hydrogens is 1590 g/mol. The standard InChI is InChI=1S/C112H98N8O8/c1-9-33-81(34-10-1)49-25-57-121-73-89-65-97-98(66-90(89)74-122-58-26-50-82-35-11-2-12-36-82)106-113-105(97)117-107-99-67-91(75-123-59-27-51-83-37-13-3-14-38-83)92(76-124-60-28-52-84-39-15-4-16-40-84)68-100(99)109(114-107)119-111-103-71-95(79-127-63-31-55-87-45-21-7-22-46-87)96(80-128-64-32-56-88-47-23-8-24-48-88)72-104(103)112(116-111)120-110-102-70-94(78-126-62-30-54-86-43-19-6-20-44-86)93(69-101(102)108(115-110)118-106)77-125-61-29-53-85-41-17-5-18-42-85/h1-56,65-72H,57-64,73-80H2,(H2,113,114,115,116,117,118,119,120)/b49-25+,50-26+,51-27+,52-28+,53-29+,54-30+,55-31+,56-32+. The topological polar surface area (TPSA) is 183 Å². The highest BCUT2D eigenvalue weighted by Gasteiger charge is 2.27. The number of benzene rings is 12. The second-order valence-corrected chi connectivity index (χ2v) is 30.9. The number of aromatic nitrogens is 8. The highest BCUT2D eigenvalue weighted by atomic mass is 16.5. The van der Waals surface area contributed by atoms with Crippen LogP contribution in [0.3, 0.4) is 0 Å². The summed E-state index contributed by atoms with van der Waals surface area (Å²) in [6, 6.07) is 98.9. The van der Waals surface area contributed by atoms with Crippen LogP contribution in [0.15, 0.2) is 340 Å². The Morgan fingerprint density at radius 1 is 0.180 bits per heavy atom. The molecule has 634 valence electrons. The number of hydrogen-bond donors (Lipinski definition) is 2. The van der Waals surface area contributed by atoms with E-state index in [9.17, 15) is 0 Å². The van der Waals surface area contributed by atoms with Gasteiger partial charge in [-0.2, -0.15) is 0 Å². The molecule has 0 aliphatic carbocycles. The molecule has 8 bridgehead atoms. The van der Waals surface area contributed by atoms with Crippen molar-refractivity contribution in [3.8, 4) is 45.6 Å². The lowest BCUT2D eigenvalue weighted by atomic mass is 9.99. The minimum Gasteiger partial charge on any atom is -0.373 e. The van der Waals surface area contributed by atoms with Crippen molar-refractivity contribution in [2.75, 3.05) is 52.9 Å². The van der Waals surface area contributed by atoms with Gasteiger partial charge in [-0.05, 0) is 138 Å². The molecule has 17 rings (SSSR count). The summed E-state index contributed by atoms with van der Waals surface area (Å²) in [4.78, 5) is 41.6. The molecule has 0 unspecified atom stereocenters. The summed E-state index contributed by atoms with van der Waals surface area (Å²) < 4.78 is 53.0. The van der Waals surface area contributed by atoms with E-state index in [2.05, 4.69) is 204 Å². The summed E-state index contributed by atoms with van der Waals surface area (Å²) in [7, 11) is 0. The number of hydrogen-bond acceptors (Lipinski definition) is 14. The Labute approximate surface area is 746 Å². The second kappa shape index (κ2) is 44.5. The predicted molar refractivity (Wildman–Crippen MR) is 517 cm³/mol. The van der Waals surface area contributed by atoms with Gasteiger partial charge < -0.3 is 47.9 Å². The van der Waals surface area contributed by atoms with E-state index in [1.165, 1.54) is 0 Å². The van der Waals surface area contributed by atoms with Crippen LogP contribution in [-0.2, 0) is 90.7 Å². The van der Waals surface area contributed by atoms with Crippen molar-refractivity contribution < 1.29 is 37.9 Å². The van der Waals surface area contributed by atoms with Crippen LogP contribution in [0.5, 0.6) is 0 Å². The number of H-pyrrole nitrogens is 2. The first-order valence-electron chi connectivity index (χ1n) is 43.3. The monoisotopic (exact) mass is 1680 g/mol. The Kier molecular flexibility index (Phi) is 29.8. The van der Waals surface area contributed by atoms with Gasteiger partial charge in [-0.25, -0.2) is 29.9 Å². The number of nitrogens with one attached hydrogen (secondary N) is 2. The maximum Gasteiger partial charge on any atom is 0.164 e. The predicted octanol–water partition coefficient (Wildman–Crippen LogP) is 24.7. The highest BCUT2D eigenvalue weighted by Crippen LogP contribution is 2.41.